The van der Waals surface area contributed by atoms with Crippen molar-refractivity contribution in [2.75, 3.05) is 12.9 Å². The summed E-state index contributed by atoms with van der Waals surface area (Å²) in [5, 5.41) is 72.1. The van der Waals surface area contributed by atoms with E-state index in [4.69, 9.17) is 14.7 Å². The van der Waals surface area contributed by atoms with Gasteiger partial charge < -0.3 is 40.3 Å². The number of carbonyl (C=O) groups excluding carboxylic acids is 1. The molecule has 0 aliphatic carbocycles. The van der Waals surface area contributed by atoms with Crippen molar-refractivity contribution in [3.8, 4) is 17.6 Å². The van der Waals surface area contributed by atoms with E-state index in [0.29, 0.717) is 10.9 Å². The second kappa shape index (κ2) is 14.5. The van der Waals surface area contributed by atoms with E-state index in [-0.39, 0.29) is 12.2 Å². The van der Waals surface area contributed by atoms with Gasteiger partial charge in [0.25, 0.3) is 6.43 Å². The molecular formula is C24H29F2N7O9S. The summed E-state index contributed by atoms with van der Waals surface area (Å²) in [7, 11) is 0. The van der Waals surface area contributed by atoms with Gasteiger partial charge in [0.05, 0.1) is 49.2 Å². The summed E-state index contributed by atoms with van der Waals surface area (Å²) in [4.78, 5) is 28.3. The number of hydrogen-bond acceptors (Lipinski definition) is 13. The number of benzene rings is 1. The van der Waals surface area contributed by atoms with Gasteiger partial charge in [-0.1, -0.05) is 17.0 Å². The van der Waals surface area contributed by atoms with Crippen molar-refractivity contribution in [3.05, 3.63) is 35.7 Å². The van der Waals surface area contributed by atoms with Gasteiger partial charge >= 0.3 is 11.8 Å². The van der Waals surface area contributed by atoms with Crippen LogP contribution in [0.15, 0.2) is 29.4 Å². The number of aliphatic imine (C=N–C) groups is 1. The Hall–Kier alpha value is -3.93. The molecule has 0 radical (unpaired) electrons. The van der Waals surface area contributed by atoms with Gasteiger partial charge in [-0.15, -0.1) is 5.10 Å². The number of nitrogens with one attached hydrogen (secondary N) is 2. The molecule has 1 fully saturated rings. The molecule has 16 nitrogen and oxygen atoms in total. The molecule has 0 saturated carbocycles. The summed E-state index contributed by atoms with van der Waals surface area (Å²) >= 11 is 1.19. The Balaban J connectivity index is 1.95. The van der Waals surface area contributed by atoms with E-state index in [1.807, 2.05) is 0 Å². The molecule has 1 aliphatic rings. The zero-order valence-electron chi connectivity index (χ0n) is 22.7. The first kappa shape index (κ1) is 33.6. The third kappa shape index (κ3) is 7.92. The summed E-state index contributed by atoms with van der Waals surface area (Å²) in [5.41, 5.74) is -0.363. The van der Waals surface area contributed by atoms with Gasteiger partial charge in [-0.25, -0.2) is 18.3 Å². The first-order chi connectivity index (χ1) is 20.3. The molecule has 43 heavy (non-hydrogen) atoms. The third-order valence-corrected chi connectivity index (χ3v) is 6.85. The number of aliphatic hydroxyl groups excluding tert-OH is 4. The van der Waals surface area contributed by atoms with Crippen LogP contribution < -0.4 is 15.4 Å². The molecular weight excluding hydrogens is 600 g/mol. The maximum absolute atomic E-state index is 14.2. The number of rotatable bonds is 11. The van der Waals surface area contributed by atoms with Gasteiger partial charge in [-0.2, -0.15) is 5.26 Å². The Morgan fingerprint density at radius 1 is 1.40 bits per heavy atom. The standard InChI is InChI=1S/C24H29F2N7O9S/c1-11(35)30-18-15(36)6-24(22(39)40,42-20(18)19(38)16(37)9-34)41-17-4-3-13(5-14(17)21(25)26)33-8-12(31-32-33)7-28-23(43-2)29-10-27/h3-5,8,15-16,18-21,34,36-38H,6-7,9H2,1-2H3,(H,28,29)(H,30,35)(H,39,40)/t15-,16+,18+,19+,20+,24+/m0/s1. The SMILES string of the molecule is CSC(=NCc1cn(-c2ccc(O[C@]3(C(=O)O)C[C@H](O)[C@@H](NC(C)=O)[C@H]([C@H](O)[C@H](O)CO)O3)c(C(F)F)c2)nn1)NC#N. The number of aliphatic carboxylic acids is 1. The number of hydrogen-bond donors (Lipinski definition) is 7. The number of halogens is 2. The normalized spacial score (nSPS) is 23.7. The van der Waals surface area contributed by atoms with Gasteiger partial charge in [-0.05, 0) is 24.5 Å². The fraction of sp³-hybridized carbons (Fsp3) is 0.500. The lowest BCUT2D eigenvalue weighted by molar-refractivity contribution is -0.284. The quantitative estimate of drug-likeness (QED) is 0.0684. The number of thioether (sulfide) groups is 1. The van der Waals surface area contributed by atoms with Crippen LogP contribution in [0, 0.1) is 11.5 Å². The highest BCUT2D eigenvalue weighted by molar-refractivity contribution is 8.13. The maximum Gasteiger partial charge on any atom is 0.377 e. The van der Waals surface area contributed by atoms with E-state index < -0.39 is 78.9 Å². The average molecular weight is 630 g/mol. The predicted molar refractivity (Wildman–Crippen MR) is 143 cm³/mol. The Kier molecular flexibility index (Phi) is 11.3. The highest BCUT2D eigenvalue weighted by Crippen LogP contribution is 2.38. The van der Waals surface area contributed by atoms with Crippen LogP contribution in [0.3, 0.4) is 0 Å². The number of nitrogens with zero attached hydrogens (tertiary/aromatic N) is 5. The van der Waals surface area contributed by atoms with Gasteiger partial charge in [0.15, 0.2) is 11.4 Å². The predicted octanol–water partition coefficient (Wildman–Crippen LogP) is -0.977. The number of amidine groups is 1. The van der Waals surface area contributed by atoms with Crippen molar-refractivity contribution in [2.45, 2.75) is 62.6 Å². The van der Waals surface area contributed by atoms with Crippen LogP contribution in [0.5, 0.6) is 5.75 Å². The van der Waals surface area contributed by atoms with Crippen molar-refractivity contribution in [3.63, 3.8) is 0 Å². The number of carbonyl (C=O) groups is 2. The molecule has 1 aromatic heterocycles. The van der Waals surface area contributed by atoms with Gasteiger partial charge in [0, 0.05) is 6.92 Å². The number of carboxylic acid groups (broad SMARTS) is 1. The highest BCUT2D eigenvalue weighted by atomic mass is 32.2. The van der Waals surface area contributed by atoms with Crippen LogP contribution in [-0.2, 0) is 20.9 Å². The monoisotopic (exact) mass is 629 g/mol. The van der Waals surface area contributed by atoms with Gasteiger partial charge in [0.1, 0.15) is 29.8 Å². The van der Waals surface area contributed by atoms with Crippen molar-refractivity contribution < 1.29 is 53.4 Å². The number of carboxylic acids is 1. The molecule has 1 amide bonds. The summed E-state index contributed by atoms with van der Waals surface area (Å²) < 4.78 is 40.6. The van der Waals surface area contributed by atoms with Crippen molar-refractivity contribution in [2.24, 2.45) is 4.99 Å². The van der Waals surface area contributed by atoms with Crippen LogP contribution >= 0.6 is 11.8 Å². The second-order valence-corrected chi connectivity index (χ2v) is 10.0. The molecule has 1 aliphatic heterocycles. The minimum atomic E-state index is -3.20. The van der Waals surface area contributed by atoms with E-state index in [0.717, 1.165) is 23.7 Å². The van der Waals surface area contributed by atoms with E-state index in [9.17, 15) is 43.9 Å². The minimum Gasteiger partial charge on any atom is -0.476 e. The third-order valence-electron chi connectivity index (χ3n) is 6.24. The van der Waals surface area contributed by atoms with Crippen LogP contribution in [0.2, 0.25) is 0 Å². The van der Waals surface area contributed by atoms with Crippen LogP contribution in [0.4, 0.5) is 8.78 Å². The molecule has 1 saturated heterocycles. The molecule has 1 aromatic carbocycles. The van der Waals surface area contributed by atoms with Crippen molar-refractivity contribution in [1.29, 1.82) is 5.26 Å². The lowest BCUT2D eigenvalue weighted by atomic mass is 9.88. The molecule has 2 aromatic rings. The summed E-state index contributed by atoms with van der Waals surface area (Å²) in [6, 6.07) is 1.79. The molecule has 19 heteroatoms. The topological polar surface area (TPSA) is 245 Å². The molecule has 0 spiro atoms. The number of alkyl halides is 2. The lowest BCUT2D eigenvalue weighted by Crippen LogP contribution is -2.68. The zero-order valence-corrected chi connectivity index (χ0v) is 23.5. The summed E-state index contributed by atoms with van der Waals surface area (Å²) in [5.74, 6) is -6.09. The van der Waals surface area contributed by atoms with E-state index in [1.165, 1.54) is 24.0 Å². The first-order valence-electron chi connectivity index (χ1n) is 12.4. The van der Waals surface area contributed by atoms with E-state index in [1.54, 1.807) is 12.4 Å². The molecule has 0 unspecified atom stereocenters. The number of amides is 1. The Labute approximate surface area is 246 Å². The fourth-order valence-electron chi connectivity index (χ4n) is 4.20. The smallest absolute Gasteiger partial charge is 0.377 e. The average Bonchev–Trinajstić information content (AvgIpc) is 3.44. The second-order valence-electron chi connectivity index (χ2n) is 9.22. The van der Waals surface area contributed by atoms with Gasteiger partial charge in [0.2, 0.25) is 5.91 Å². The maximum atomic E-state index is 14.2. The van der Waals surface area contributed by atoms with Crippen LogP contribution in [-0.4, -0.2) is 107 Å². The van der Waals surface area contributed by atoms with Crippen molar-refractivity contribution in [1.82, 2.24) is 25.6 Å². The summed E-state index contributed by atoms with van der Waals surface area (Å²) in [6.07, 6.45) is -6.79. The molecule has 234 valence electrons. The molecule has 0 bridgehead atoms. The number of aromatic nitrogens is 3. The Morgan fingerprint density at radius 2 is 2.12 bits per heavy atom. The molecule has 7 N–H and O–H groups in total. The molecule has 3 rings (SSSR count). The van der Waals surface area contributed by atoms with Crippen molar-refractivity contribution >= 4 is 28.8 Å². The largest absolute Gasteiger partial charge is 0.476 e. The zero-order chi connectivity index (χ0) is 31.9. The fourth-order valence-corrected chi connectivity index (χ4v) is 4.55. The number of aliphatic hydroxyl groups is 4. The molecule has 6 atom stereocenters. The van der Waals surface area contributed by atoms with Gasteiger partial charge in [-0.3, -0.25) is 15.1 Å². The van der Waals surface area contributed by atoms with E-state index >= 15 is 0 Å². The van der Waals surface area contributed by atoms with Crippen LogP contribution in [0.1, 0.15) is 31.0 Å². The first-order valence-corrected chi connectivity index (χ1v) is 13.7. The Morgan fingerprint density at radius 3 is 2.70 bits per heavy atom. The molecule has 2 heterocycles. The van der Waals surface area contributed by atoms with E-state index in [2.05, 4.69) is 25.9 Å². The van der Waals surface area contributed by atoms with Crippen LogP contribution in [0.25, 0.3) is 5.69 Å². The minimum absolute atomic E-state index is 0.0199. The highest BCUT2D eigenvalue weighted by Gasteiger charge is 2.57. The number of ether oxygens (including phenoxy) is 2. The summed E-state index contributed by atoms with van der Waals surface area (Å²) in [6.45, 7) is 0.100. The Bertz CT molecular complexity index is 1370. The number of nitriles is 1. The lowest BCUT2D eigenvalue weighted by Gasteiger charge is -2.46.